The summed E-state index contributed by atoms with van der Waals surface area (Å²) in [5, 5.41) is 13.5. The van der Waals surface area contributed by atoms with Crippen LogP contribution in [0.3, 0.4) is 0 Å². The Bertz CT molecular complexity index is 735. The molecule has 24 heavy (non-hydrogen) atoms. The summed E-state index contributed by atoms with van der Waals surface area (Å²) in [4.78, 5) is 34.4. The summed E-state index contributed by atoms with van der Waals surface area (Å²) >= 11 is 11.7. The molecule has 0 radical (unpaired) electrons. The van der Waals surface area contributed by atoms with E-state index >= 15 is 0 Å². The van der Waals surface area contributed by atoms with Crippen LogP contribution in [0.4, 0.5) is 11.4 Å². The SMILES string of the molecule is Cc1ccc([N+](=O)[O-])c(NC(=O)COC(=O)[C@]2(C)CC2(Cl)Cl)c1C. The number of nitrogens with zero attached hydrogens (tertiary/aromatic N) is 1. The second-order valence-electron chi connectivity index (χ2n) is 6.00. The molecular weight excluding hydrogens is 359 g/mol. The monoisotopic (exact) mass is 374 g/mol. The number of rotatable bonds is 5. The number of nitrogens with one attached hydrogen (secondary N) is 1. The minimum Gasteiger partial charge on any atom is -0.455 e. The number of benzene rings is 1. The first kappa shape index (κ1) is 18.5. The fourth-order valence-corrected chi connectivity index (χ4v) is 2.89. The van der Waals surface area contributed by atoms with Crippen LogP contribution in [0.5, 0.6) is 0 Å². The highest BCUT2D eigenvalue weighted by atomic mass is 35.5. The van der Waals surface area contributed by atoms with Crippen molar-refractivity contribution in [3.05, 3.63) is 33.4 Å². The molecule has 0 bridgehead atoms. The Morgan fingerprint density at radius 3 is 2.46 bits per heavy atom. The Labute approximate surface area is 148 Å². The summed E-state index contributed by atoms with van der Waals surface area (Å²) in [6, 6.07) is 2.90. The Kier molecular flexibility index (Phi) is 4.79. The summed E-state index contributed by atoms with van der Waals surface area (Å²) in [6.07, 6.45) is 0.242. The second-order valence-corrected chi connectivity index (χ2v) is 7.48. The molecule has 0 aromatic heterocycles. The zero-order valence-electron chi connectivity index (χ0n) is 13.3. The highest BCUT2D eigenvalue weighted by Gasteiger charge is 2.69. The number of anilines is 1. The first-order chi connectivity index (χ1) is 11.0. The number of carbonyl (C=O) groups is 2. The van der Waals surface area contributed by atoms with Gasteiger partial charge in [0, 0.05) is 12.5 Å². The third-order valence-corrected chi connectivity index (χ3v) is 5.32. The van der Waals surface area contributed by atoms with Crippen LogP contribution in [0, 0.1) is 29.4 Å². The van der Waals surface area contributed by atoms with Gasteiger partial charge in [0.05, 0.1) is 4.92 Å². The van der Waals surface area contributed by atoms with E-state index in [1.165, 1.54) is 6.07 Å². The van der Waals surface area contributed by atoms with Crippen LogP contribution in [-0.4, -0.2) is 27.7 Å². The Hall–Kier alpha value is -1.86. The minimum absolute atomic E-state index is 0.0858. The highest BCUT2D eigenvalue weighted by molar-refractivity contribution is 6.53. The zero-order chi connectivity index (χ0) is 18.3. The molecule has 7 nitrogen and oxygen atoms in total. The number of aryl methyl sites for hydroxylation is 1. The lowest BCUT2D eigenvalue weighted by Gasteiger charge is -2.13. The minimum atomic E-state index is -1.19. The number of esters is 1. The number of nitro benzene ring substituents is 1. The molecule has 0 unspecified atom stereocenters. The summed E-state index contributed by atoms with van der Waals surface area (Å²) in [5.41, 5.74) is 0.169. The van der Waals surface area contributed by atoms with E-state index in [1.54, 1.807) is 26.8 Å². The molecule has 1 atom stereocenters. The largest absolute Gasteiger partial charge is 0.455 e. The summed E-state index contributed by atoms with van der Waals surface area (Å²) in [5.74, 6) is -1.36. The standard InChI is InChI=1S/C15H16Cl2N2O5/c1-8-4-5-10(19(22)23)12(9(8)2)18-11(20)6-24-13(21)14(3)7-15(14,16)17/h4-5H,6-7H2,1-3H3,(H,18,20)/t14-/m0/s1. The third kappa shape index (κ3) is 3.32. The predicted molar refractivity (Wildman–Crippen MR) is 89.3 cm³/mol. The predicted octanol–water partition coefficient (Wildman–Crippen LogP) is 3.28. The van der Waals surface area contributed by atoms with Gasteiger partial charge in [0.2, 0.25) is 0 Å². The van der Waals surface area contributed by atoms with Crippen molar-refractivity contribution in [2.45, 2.75) is 31.5 Å². The lowest BCUT2D eigenvalue weighted by molar-refractivity contribution is -0.384. The molecule has 0 aliphatic heterocycles. The van der Waals surface area contributed by atoms with Crippen molar-refractivity contribution in [1.82, 2.24) is 0 Å². The molecule has 1 aromatic rings. The van der Waals surface area contributed by atoms with Crippen LogP contribution in [0.1, 0.15) is 24.5 Å². The Balaban J connectivity index is 2.05. The summed E-state index contributed by atoms with van der Waals surface area (Å²) < 4.78 is 3.73. The normalized spacial score (nSPS) is 21.0. The number of carbonyl (C=O) groups excluding carboxylic acids is 2. The van der Waals surface area contributed by atoms with Crippen LogP contribution >= 0.6 is 23.2 Å². The molecular formula is C15H16Cl2N2O5. The molecule has 0 heterocycles. The van der Waals surface area contributed by atoms with E-state index in [9.17, 15) is 19.7 Å². The van der Waals surface area contributed by atoms with Crippen molar-refractivity contribution in [2.24, 2.45) is 5.41 Å². The van der Waals surface area contributed by atoms with Gasteiger partial charge in [-0.3, -0.25) is 19.7 Å². The van der Waals surface area contributed by atoms with Gasteiger partial charge in [0.1, 0.15) is 15.4 Å². The van der Waals surface area contributed by atoms with Gasteiger partial charge in [0.25, 0.3) is 11.6 Å². The lowest BCUT2D eigenvalue weighted by atomic mass is 10.1. The molecule has 9 heteroatoms. The van der Waals surface area contributed by atoms with Gasteiger partial charge in [-0.25, -0.2) is 0 Å². The number of halogens is 2. The van der Waals surface area contributed by atoms with E-state index in [1.807, 2.05) is 0 Å². The first-order valence-corrected chi connectivity index (χ1v) is 7.85. The van der Waals surface area contributed by atoms with Gasteiger partial charge in [0.15, 0.2) is 6.61 Å². The van der Waals surface area contributed by atoms with Gasteiger partial charge < -0.3 is 10.1 Å². The van der Waals surface area contributed by atoms with Crippen molar-refractivity contribution in [3.8, 4) is 0 Å². The highest BCUT2D eigenvalue weighted by Crippen LogP contribution is 2.64. The average Bonchev–Trinajstić information content (AvgIpc) is 3.01. The number of hydrogen-bond donors (Lipinski definition) is 1. The van der Waals surface area contributed by atoms with E-state index in [4.69, 9.17) is 27.9 Å². The van der Waals surface area contributed by atoms with Crippen LogP contribution in [-0.2, 0) is 14.3 Å². The summed E-state index contributed by atoms with van der Waals surface area (Å²) in [7, 11) is 0. The smallest absolute Gasteiger partial charge is 0.315 e. The van der Waals surface area contributed by atoms with Gasteiger partial charge in [-0.05, 0) is 31.9 Å². The molecule has 1 aliphatic carbocycles. The van der Waals surface area contributed by atoms with Crippen molar-refractivity contribution in [3.63, 3.8) is 0 Å². The molecule has 1 N–H and O–H groups in total. The van der Waals surface area contributed by atoms with E-state index in [0.717, 1.165) is 5.56 Å². The zero-order valence-corrected chi connectivity index (χ0v) is 14.8. The maximum atomic E-state index is 12.0. The maximum Gasteiger partial charge on any atom is 0.315 e. The van der Waals surface area contributed by atoms with E-state index in [-0.39, 0.29) is 17.8 Å². The van der Waals surface area contributed by atoms with E-state index < -0.39 is 33.2 Å². The van der Waals surface area contributed by atoms with Crippen molar-refractivity contribution >= 4 is 46.5 Å². The Morgan fingerprint density at radius 1 is 1.38 bits per heavy atom. The molecule has 1 saturated carbocycles. The van der Waals surface area contributed by atoms with Gasteiger partial charge in [-0.2, -0.15) is 0 Å². The molecule has 0 saturated heterocycles. The van der Waals surface area contributed by atoms with Gasteiger partial charge >= 0.3 is 5.97 Å². The van der Waals surface area contributed by atoms with Crippen LogP contribution < -0.4 is 5.32 Å². The summed E-state index contributed by atoms with van der Waals surface area (Å²) in [6.45, 7) is 4.39. The molecule has 1 aromatic carbocycles. The number of amides is 1. The first-order valence-electron chi connectivity index (χ1n) is 7.09. The van der Waals surface area contributed by atoms with Crippen LogP contribution in [0.2, 0.25) is 0 Å². The van der Waals surface area contributed by atoms with Gasteiger partial charge in [-0.1, -0.05) is 6.07 Å². The van der Waals surface area contributed by atoms with E-state index in [0.29, 0.717) is 5.56 Å². The molecule has 130 valence electrons. The lowest BCUT2D eigenvalue weighted by Crippen LogP contribution is -2.27. The quantitative estimate of drug-likeness (QED) is 0.369. The number of nitro groups is 1. The van der Waals surface area contributed by atoms with Crippen molar-refractivity contribution in [2.75, 3.05) is 11.9 Å². The molecule has 1 amide bonds. The number of alkyl halides is 2. The number of ether oxygens (including phenoxy) is 1. The van der Waals surface area contributed by atoms with Gasteiger partial charge in [-0.15, -0.1) is 23.2 Å². The Morgan fingerprint density at radius 2 is 1.96 bits per heavy atom. The van der Waals surface area contributed by atoms with E-state index in [2.05, 4.69) is 5.32 Å². The second kappa shape index (κ2) is 6.22. The maximum absolute atomic E-state index is 12.0. The molecule has 2 rings (SSSR count). The number of hydrogen-bond acceptors (Lipinski definition) is 5. The van der Waals surface area contributed by atoms with Crippen LogP contribution in [0.25, 0.3) is 0 Å². The topological polar surface area (TPSA) is 98.5 Å². The molecule has 1 fully saturated rings. The average molecular weight is 375 g/mol. The van der Waals surface area contributed by atoms with Crippen molar-refractivity contribution < 1.29 is 19.2 Å². The fourth-order valence-electron chi connectivity index (χ4n) is 2.20. The fraction of sp³-hybridized carbons (Fsp3) is 0.467. The van der Waals surface area contributed by atoms with Crippen molar-refractivity contribution in [1.29, 1.82) is 0 Å². The van der Waals surface area contributed by atoms with Crippen LogP contribution in [0.15, 0.2) is 12.1 Å². The third-order valence-electron chi connectivity index (χ3n) is 4.22. The molecule has 1 aliphatic rings. The molecule has 0 spiro atoms.